The molecule has 2 N–H and O–H groups in total. The van der Waals surface area contributed by atoms with E-state index in [1.54, 1.807) is 0 Å². The van der Waals surface area contributed by atoms with Crippen molar-refractivity contribution < 1.29 is 4.79 Å². The molecule has 0 aromatic rings. The molecule has 15 heavy (non-hydrogen) atoms. The van der Waals surface area contributed by atoms with E-state index in [9.17, 15) is 4.79 Å². The van der Waals surface area contributed by atoms with Gasteiger partial charge in [0.2, 0.25) is 5.91 Å². The van der Waals surface area contributed by atoms with Crippen LogP contribution in [-0.4, -0.2) is 50.6 Å². The number of hydrogen-bond acceptors (Lipinski definition) is 3. The molecule has 1 saturated carbocycles. The van der Waals surface area contributed by atoms with E-state index in [0.29, 0.717) is 0 Å². The summed E-state index contributed by atoms with van der Waals surface area (Å²) in [4.78, 5) is 14.1. The van der Waals surface area contributed by atoms with Gasteiger partial charge in [-0.1, -0.05) is 12.8 Å². The van der Waals surface area contributed by atoms with Gasteiger partial charge in [-0.25, -0.2) is 0 Å². The predicted octanol–water partition coefficient (Wildman–Crippen LogP) is 0.196. The zero-order valence-corrected chi connectivity index (χ0v) is 10.1. The number of rotatable bonds is 5. The Balaban J connectivity index is 2.37. The van der Waals surface area contributed by atoms with Gasteiger partial charge in [0.05, 0.1) is 5.54 Å². The van der Waals surface area contributed by atoms with Crippen molar-refractivity contribution in [1.29, 1.82) is 0 Å². The second-order valence-electron chi connectivity index (χ2n) is 4.60. The molecule has 4 nitrogen and oxygen atoms in total. The number of carbonyl (C=O) groups is 1. The van der Waals surface area contributed by atoms with Crippen molar-refractivity contribution in [3.8, 4) is 0 Å². The molecule has 4 heteroatoms. The molecule has 0 saturated heterocycles. The molecule has 0 aliphatic heterocycles. The summed E-state index contributed by atoms with van der Waals surface area (Å²) in [7, 11) is 5.90. The van der Waals surface area contributed by atoms with Crippen LogP contribution in [0.5, 0.6) is 0 Å². The van der Waals surface area contributed by atoms with E-state index in [4.69, 9.17) is 0 Å². The lowest BCUT2D eigenvalue weighted by molar-refractivity contribution is -0.127. The zero-order valence-electron chi connectivity index (χ0n) is 10.1. The normalized spacial score (nSPS) is 19.5. The predicted molar refractivity (Wildman–Crippen MR) is 61.8 cm³/mol. The summed E-state index contributed by atoms with van der Waals surface area (Å²) < 4.78 is 0. The van der Waals surface area contributed by atoms with Gasteiger partial charge in [0.15, 0.2) is 0 Å². The number of likely N-dealkylation sites (N-methyl/N-ethyl adjacent to an activating group) is 2. The maximum atomic E-state index is 12.0. The summed E-state index contributed by atoms with van der Waals surface area (Å²) >= 11 is 0. The summed E-state index contributed by atoms with van der Waals surface area (Å²) in [5.41, 5.74) is -0.285. The molecule has 1 aliphatic rings. The van der Waals surface area contributed by atoms with Crippen molar-refractivity contribution in [3.63, 3.8) is 0 Å². The highest BCUT2D eigenvalue weighted by Crippen LogP contribution is 2.29. The summed E-state index contributed by atoms with van der Waals surface area (Å²) in [6, 6.07) is 0. The van der Waals surface area contributed by atoms with Crippen molar-refractivity contribution in [2.24, 2.45) is 0 Å². The smallest absolute Gasteiger partial charge is 0.240 e. The topological polar surface area (TPSA) is 44.4 Å². The van der Waals surface area contributed by atoms with Crippen LogP contribution in [0.3, 0.4) is 0 Å². The van der Waals surface area contributed by atoms with Crippen LogP contribution in [0.25, 0.3) is 0 Å². The molecular weight excluding hydrogens is 190 g/mol. The Morgan fingerprint density at radius 2 is 1.93 bits per heavy atom. The minimum Gasteiger partial charge on any atom is -0.353 e. The summed E-state index contributed by atoms with van der Waals surface area (Å²) in [5.74, 6) is 0.171. The third kappa shape index (κ3) is 3.18. The van der Waals surface area contributed by atoms with Crippen LogP contribution < -0.4 is 10.6 Å². The summed E-state index contributed by atoms with van der Waals surface area (Å²) in [5, 5.41) is 6.19. The van der Waals surface area contributed by atoms with E-state index < -0.39 is 0 Å². The van der Waals surface area contributed by atoms with E-state index in [1.807, 2.05) is 21.1 Å². The number of carbonyl (C=O) groups excluding carboxylic acids is 1. The lowest BCUT2D eigenvalue weighted by Crippen LogP contribution is -2.54. The van der Waals surface area contributed by atoms with Gasteiger partial charge in [0, 0.05) is 13.1 Å². The van der Waals surface area contributed by atoms with Gasteiger partial charge < -0.3 is 15.5 Å². The van der Waals surface area contributed by atoms with Crippen molar-refractivity contribution in [1.82, 2.24) is 15.5 Å². The molecule has 0 atom stereocenters. The van der Waals surface area contributed by atoms with Gasteiger partial charge in [-0.3, -0.25) is 4.79 Å². The monoisotopic (exact) mass is 213 g/mol. The maximum absolute atomic E-state index is 12.0. The van der Waals surface area contributed by atoms with Crippen LogP contribution in [0.2, 0.25) is 0 Å². The van der Waals surface area contributed by atoms with E-state index in [1.165, 1.54) is 0 Å². The third-order valence-electron chi connectivity index (χ3n) is 3.21. The fraction of sp³-hybridized carbons (Fsp3) is 0.909. The maximum Gasteiger partial charge on any atom is 0.240 e. The van der Waals surface area contributed by atoms with Crippen LogP contribution in [0.15, 0.2) is 0 Å². The van der Waals surface area contributed by atoms with Crippen LogP contribution in [0.4, 0.5) is 0 Å². The molecule has 0 heterocycles. The minimum absolute atomic E-state index is 0.171. The largest absolute Gasteiger partial charge is 0.353 e. The molecule has 0 spiro atoms. The highest BCUT2D eigenvalue weighted by Gasteiger charge is 2.39. The van der Waals surface area contributed by atoms with Crippen LogP contribution >= 0.6 is 0 Å². The standard InChI is InChI=1S/C11H23N3O/c1-12-11(6-4-5-7-11)10(15)13-8-9-14(2)3/h12H,4-9H2,1-3H3,(H,13,15). The first-order valence-electron chi connectivity index (χ1n) is 5.73. The number of nitrogens with zero attached hydrogens (tertiary/aromatic N) is 1. The molecule has 1 fully saturated rings. The van der Waals surface area contributed by atoms with E-state index >= 15 is 0 Å². The van der Waals surface area contributed by atoms with Gasteiger partial charge in [-0.2, -0.15) is 0 Å². The Morgan fingerprint density at radius 3 is 2.40 bits per heavy atom. The molecule has 0 radical (unpaired) electrons. The first-order valence-corrected chi connectivity index (χ1v) is 5.73. The van der Waals surface area contributed by atoms with Crippen molar-refractivity contribution in [2.45, 2.75) is 31.2 Å². The average Bonchev–Trinajstić information content (AvgIpc) is 2.66. The second kappa shape index (κ2) is 5.47. The molecule has 0 aromatic carbocycles. The lowest BCUT2D eigenvalue weighted by atomic mass is 9.97. The summed E-state index contributed by atoms with van der Waals surface area (Å²) in [6.07, 6.45) is 4.25. The fourth-order valence-corrected chi connectivity index (χ4v) is 2.13. The molecule has 0 unspecified atom stereocenters. The first kappa shape index (κ1) is 12.5. The lowest BCUT2D eigenvalue weighted by Gasteiger charge is -2.27. The molecule has 1 aliphatic carbocycles. The van der Waals surface area contributed by atoms with Crippen LogP contribution in [0, 0.1) is 0 Å². The van der Waals surface area contributed by atoms with Crippen molar-refractivity contribution in [3.05, 3.63) is 0 Å². The highest BCUT2D eigenvalue weighted by molar-refractivity contribution is 5.86. The van der Waals surface area contributed by atoms with Crippen LogP contribution in [0.1, 0.15) is 25.7 Å². The Kier molecular flexibility index (Phi) is 4.54. The highest BCUT2D eigenvalue weighted by atomic mass is 16.2. The molecular formula is C11H23N3O. The van der Waals surface area contributed by atoms with E-state index in [0.717, 1.165) is 38.8 Å². The van der Waals surface area contributed by atoms with Gasteiger partial charge in [0.1, 0.15) is 0 Å². The first-order chi connectivity index (χ1) is 7.10. The zero-order chi connectivity index (χ0) is 11.3. The fourth-order valence-electron chi connectivity index (χ4n) is 2.13. The quantitative estimate of drug-likeness (QED) is 0.685. The molecule has 1 amide bonds. The van der Waals surface area contributed by atoms with Gasteiger partial charge in [0.25, 0.3) is 0 Å². The van der Waals surface area contributed by atoms with Crippen LogP contribution in [-0.2, 0) is 4.79 Å². The Hall–Kier alpha value is -0.610. The van der Waals surface area contributed by atoms with E-state index in [2.05, 4.69) is 15.5 Å². The SMILES string of the molecule is CNC1(C(=O)NCCN(C)C)CCCC1. The minimum atomic E-state index is -0.285. The summed E-state index contributed by atoms with van der Waals surface area (Å²) in [6.45, 7) is 1.63. The van der Waals surface area contributed by atoms with Gasteiger partial charge in [-0.05, 0) is 34.0 Å². The Bertz CT molecular complexity index is 210. The Labute approximate surface area is 92.4 Å². The molecule has 0 bridgehead atoms. The third-order valence-corrected chi connectivity index (χ3v) is 3.21. The Morgan fingerprint density at radius 1 is 1.33 bits per heavy atom. The van der Waals surface area contributed by atoms with Crippen molar-refractivity contribution >= 4 is 5.91 Å². The van der Waals surface area contributed by atoms with E-state index in [-0.39, 0.29) is 11.4 Å². The molecule has 1 rings (SSSR count). The number of nitrogens with one attached hydrogen (secondary N) is 2. The molecule has 88 valence electrons. The van der Waals surface area contributed by atoms with Gasteiger partial charge >= 0.3 is 0 Å². The number of hydrogen-bond donors (Lipinski definition) is 2. The second-order valence-corrected chi connectivity index (χ2v) is 4.60. The average molecular weight is 213 g/mol. The number of amides is 1. The van der Waals surface area contributed by atoms with Crippen molar-refractivity contribution in [2.75, 3.05) is 34.2 Å². The molecule has 0 aromatic heterocycles. The van der Waals surface area contributed by atoms with Gasteiger partial charge in [-0.15, -0.1) is 0 Å².